The molecular formula is C8H17N3O. The number of carbonyl (C=O) groups excluding carboxylic acids is 1. The molecule has 1 fully saturated rings. The van der Waals surface area contributed by atoms with Gasteiger partial charge in [-0.25, -0.2) is 0 Å². The summed E-state index contributed by atoms with van der Waals surface area (Å²) in [7, 11) is 1.68. The highest BCUT2D eigenvalue weighted by atomic mass is 16.1. The summed E-state index contributed by atoms with van der Waals surface area (Å²) in [5.74, 6) is 0.108. The van der Waals surface area contributed by atoms with Gasteiger partial charge in [-0.2, -0.15) is 0 Å². The van der Waals surface area contributed by atoms with Crippen molar-refractivity contribution < 1.29 is 4.79 Å². The van der Waals surface area contributed by atoms with Crippen molar-refractivity contribution in [3.63, 3.8) is 0 Å². The number of hydrogen-bond acceptors (Lipinski definition) is 3. The van der Waals surface area contributed by atoms with Crippen molar-refractivity contribution in [3.05, 3.63) is 0 Å². The normalized spacial score (nSPS) is 20.1. The average Bonchev–Trinajstić information content (AvgIpc) is 2.33. The topological polar surface area (TPSA) is 44.4 Å². The highest BCUT2D eigenvalue weighted by Crippen LogP contribution is 1.93. The minimum absolute atomic E-state index is 0.108. The number of nitrogens with zero attached hydrogens (tertiary/aromatic N) is 1. The molecule has 4 nitrogen and oxygen atoms in total. The van der Waals surface area contributed by atoms with Crippen LogP contribution in [0.15, 0.2) is 0 Å². The van der Waals surface area contributed by atoms with Gasteiger partial charge in [0.1, 0.15) is 0 Å². The fraction of sp³-hybridized carbons (Fsp3) is 0.875. The molecule has 1 aliphatic heterocycles. The molecule has 12 heavy (non-hydrogen) atoms. The van der Waals surface area contributed by atoms with E-state index in [4.69, 9.17) is 0 Å². The van der Waals surface area contributed by atoms with Gasteiger partial charge in [0.25, 0.3) is 0 Å². The highest BCUT2D eigenvalue weighted by Gasteiger charge is 2.10. The maximum absolute atomic E-state index is 11.0. The lowest BCUT2D eigenvalue weighted by Gasteiger charge is -2.17. The molecule has 0 unspecified atom stereocenters. The first kappa shape index (κ1) is 9.48. The van der Waals surface area contributed by atoms with Crippen LogP contribution in [-0.4, -0.2) is 50.6 Å². The van der Waals surface area contributed by atoms with Gasteiger partial charge >= 0.3 is 0 Å². The van der Waals surface area contributed by atoms with Crippen LogP contribution in [0.25, 0.3) is 0 Å². The second kappa shape index (κ2) is 5.11. The zero-order valence-electron chi connectivity index (χ0n) is 7.60. The molecule has 1 aliphatic rings. The number of nitrogens with one attached hydrogen (secondary N) is 2. The van der Waals surface area contributed by atoms with E-state index >= 15 is 0 Å². The molecule has 70 valence electrons. The smallest absolute Gasteiger partial charge is 0.233 e. The van der Waals surface area contributed by atoms with Gasteiger partial charge in [0, 0.05) is 20.1 Å². The fourth-order valence-electron chi connectivity index (χ4n) is 1.34. The summed E-state index contributed by atoms with van der Waals surface area (Å²) < 4.78 is 0. The quantitative estimate of drug-likeness (QED) is 0.562. The Hall–Kier alpha value is -0.610. The van der Waals surface area contributed by atoms with Gasteiger partial charge in [0.05, 0.1) is 6.54 Å². The van der Waals surface area contributed by atoms with Crippen molar-refractivity contribution in [1.29, 1.82) is 0 Å². The van der Waals surface area contributed by atoms with E-state index in [0.717, 1.165) is 32.6 Å². The summed E-state index contributed by atoms with van der Waals surface area (Å²) in [6, 6.07) is 0. The molecule has 0 bridgehead atoms. The van der Waals surface area contributed by atoms with Crippen molar-refractivity contribution >= 4 is 5.91 Å². The lowest BCUT2D eigenvalue weighted by atomic mass is 10.4. The molecule has 0 spiro atoms. The van der Waals surface area contributed by atoms with Gasteiger partial charge in [-0.05, 0) is 19.5 Å². The third kappa shape index (κ3) is 3.19. The van der Waals surface area contributed by atoms with Crippen LogP contribution in [0.4, 0.5) is 0 Å². The third-order valence-electron chi connectivity index (χ3n) is 2.08. The first-order valence-electron chi connectivity index (χ1n) is 4.46. The van der Waals surface area contributed by atoms with Gasteiger partial charge in [-0.1, -0.05) is 0 Å². The predicted molar refractivity (Wildman–Crippen MR) is 48.0 cm³/mol. The van der Waals surface area contributed by atoms with Crippen LogP contribution in [0.5, 0.6) is 0 Å². The first-order valence-corrected chi connectivity index (χ1v) is 4.46. The number of rotatable bonds is 2. The van der Waals surface area contributed by atoms with Crippen molar-refractivity contribution in [3.8, 4) is 0 Å². The van der Waals surface area contributed by atoms with E-state index in [0.29, 0.717) is 6.54 Å². The Balaban J connectivity index is 2.24. The Bertz CT molecular complexity index is 141. The second-order valence-electron chi connectivity index (χ2n) is 3.05. The molecule has 0 saturated carbocycles. The van der Waals surface area contributed by atoms with Crippen LogP contribution in [0, 0.1) is 0 Å². The van der Waals surface area contributed by atoms with Crippen LogP contribution in [-0.2, 0) is 4.79 Å². The van der Waals surface area contributed by atoms with E-state index in [1.165, 1.54) is 0 Å². The molecule has 0 radical (unpaired) electrons. The van der Waals surface area contributed by atoms with Gasteiger partial charge in [0.15, 0.2) is 0 Å². The molecule has 1 amide bonds. The monoisotopic (exact) mass is 171 g/mol. The lowest BCUT2D eigenvalue weighted by Crippen LogP contribution is -2.37. The van der Waals surface area contributed by atoms with E-state index in [-0.39, 0.29) is 5.91 Å². The third-order valence-corrected chi connectivity index (χ3v) is 2.08. The Kier molecular flexibility index (Phi) is 4.04. The van der Waals surface area contributed by atoms with Crippen LogP contribution in [0.1, 0.15) is 6.42 Å². The minimum atomic E-state index is 0.108. The van der Waals surface area contributed by atoms with Crippen LogP contribution in [0.3, 0.4) is 0 Å². The maximum atomic E-state index is 11.0. The Morgan fingerprint density at radius 2 is 2.33 bits per heavy atom. The van der Waals surface area contributed by atoms with Crippen molar-refractivity contribution in [2.75, 3.05) is 39.8 Å². The van der Waals surface area contributed by atoms with Crippen LogP contribution < -0.4 is 10.6 Å². The second-order valence-corrected chi connectivity index (χ2v) is 3.05. The Labute approximate surface area is 73.3 Å². The first-order chi connectivity index (χ1) is 5.83. The molecule has 0 aliphatic carbocycles. The zero-order chi connectivity index (χ0) is 8.81. The minimum Gasteiger partial charge on any atom is -0.358 e. The Morgan fingerprint density at radius 3 is 3.08 bits per heavy atom. The van der Waals surface area contributed by atoms with Gasteiger partial charge in [0.2, 0.25) is 5.91 Å². The summed E-state index contributed by atoms with van der Waals surface area (Å²) >= 11 is 0. The SMILES string of the molecule is CNC(=O)CN1CCCNCC1. The molecular weight excluding hydrogens is 154 g/mol. The van der Waals surface area contributed by atoms with Crippen molar-refractivity contribution in [2.45, 2.75) is 6.42 Å². The number of carbonyl (C=O) groups is 1. The molecule has 2 N–H and O–H groups in total. The molecule has 1 saturated heterocycles. The standard InChI is InChI=1S/C8H17N3O/c1-9-8(12)7-11-5-2-3-10-4-6-11/h10H,2-7H2,1H3,(H,9,12). The summed E-state index contributed by atoms with van der Waals surface area (Å²) in [5, 5.41) is 5.93. The molecule has 0 aromatic carbocycles. The molecule has 0 atom stereocenters. The van der Waals surface area contributed by atoms with E-state index in [1.807, 2.05) is 0 Å². The average molecular weight is 171 g/mol. The largest absolute Gasteiger partial charge is 0.358 e. The molecule has 0 aromatic heterocycles. The van der Waals surface area contributed by atoms with E-state index in [9.17, 15) is 4.79 Å². The van der Waals surface area contributed by atoms with Gasteiger partial charge in [-0.3, -0.25) is 9.69 Å². The molecule has 1 heterocycles. The van der Waals surface area contributed by atoms with E-state index in [1.54, 1.807) is 7.05 Å². The van der Waals surface area contributed by atoms with Gasteiger partial charge < -0.3 is 10.6 Å². The molecule has 0 aromatic rings. The lowest BCUT2D eigenvalue weighted by molar-refractivity contribution is -0.121. The summed E-state index contributed by atoms with van der Waals surface area (Å²) in [6.45, 7) is 4.62. The van der Waals surface area contributed by atoms with Gasteiger partial charge in [-0.15, -0.1) is 0 Å². The Morgan fingerprint density at radius 1 is 1.50 bits per heavy atom. The highest BCUT2D eigenvalue weighted by molar-refractivity contribution is 5.77. The zero-order valence-corrected chi connectivity index (χ0v) is 7.60. The van der Waals surface area contributed by atoms with Crippen LogP contribution >= 0.6 is 0 Å². The molecule has 1 rings (SSSR count). The fourth-order valence-corrected chi connectivity index (χ4v) is 1.34. The van der Waals surface area contributed by atoms with E-state index in [2.05, 4.69) is 15.5 Å². The number of amides is 1. The summed E-state index contributed by atoms with van der Waals surface area (Å²) in [6.07, 6.45) is 1.14. The van der Waals surface area contributed by atoms with Crippen molar-refractivity contribution in [2.24, 2.45) is 0 Å². The maximum Gasteiger partial charge on any atom is 0.233 e. The number of hydrogen-bond donors (Lipinski definition) is 2. The van der Waals surface area contributed by atoms with Crippen LogP contribution in [0.2, 0.25) is 0 Å². The summed E-state index contributed by atoms with van der Waals surface area (Å²) in [5.41, 5.74) is 0. The van der Waals surface area contributed by atoms with Crippen molar-refractivity contribution in [1.82, 2.24) is 15.5 Å². The summed E-state index contributed by atoms with van der Waals surface area (Å²) in [4.78, 5) is 13.2. The number of likely N-dealkylation sites (N-methyl/N-ethyl adjacent to an activating group) is 1. The van der Waals surface area contributed by atoms with E-state index < -0.39 is 0 Å². The predicted octanol–water partition coefficient (Wildman–Crippen LogP) is -0.972. The molecule has 4 heteroatoms.